The van der Waals surface area contributed by atoms with E-state index in [4.69, 9.17) is 4.74 Å². The first-order valence-electron chi connectivity index (χ1n) is 7.79. The molecule has 0 spiro atoms. The van der Waals surface area contributed by atoms with Gasteiger partial charge in [-0.05, 0) is 32.4 Å². The van der Waals surface area contributed by atoms with Crippen molar-refractivity contribution in [2.45, 2.75) is 45.1 Å². The number of rotatable bonds is 6. The predicted molar refractivity (Wildman–Crippen MR) is 75.8 cm³/mol. The molecule has 3 nitrogen and oxygen atoms in total. The average molecular weight is 254 g/mol. The van der Waals surface area contributed by atoms with E-state index in [2.05, 4.69) is 24.2 Å². The molecule has 1 saturated heterocycles. The van der Waals surface area contributed by atoms with Crippen LogP contribution in [-0.2, 0) is 4.74 Å². The maximum atomic E-state index is 5.62. The third-order valence-electron chi connectivity index (χ3n) is 4.51. The minimum atomic E-state index is 0.573. The number of nitrogens with zero attached hydrogens (tertiary/aromatic N) is 1. The van der Waals surface area contributed by atoms with Gasteiger partial charge in [-0.3, -0.25) is 0 Å². The van der Waals surface area contributed by atoms with E-state index in [0.717, 1.165) is 25.7 Å². The van der Waals surface area contributed by atoms with Crippen molar-refractivity contribution in [3.63, 3.8) is 0 Å². The summed E-state index contributed by atoms with van der Waals surface area (Å²) in [7, 11) is 2.29. The Morgan fingerprint density at radius 3 is 2.61 bits per heavy atom. The lowest BCUT2D eigenvalue weighted by molar-refractivity contribution is 0.164. The van der Waals surface area contributed by atoms with Crippen LogP contribution in [0.5, 0.6) is 0 Å². The van der Waals surface area contributed by atoms with E-state index in [1.807, 2.05) is 0 Å². The first kappa shape index (κ1) is 14.3. The van der Waals surface area contributed by atoms with Crippen LogP contribution >= 0.6 is 0 Å². The van der Waals surface area contributed by atoms with E-state index in [-0.39, 0.29) is 0 Å². The lowest BCUT2D eigenvalue weighted by Gasteiger charge is -2.29. The molecule has 0 aromatic carbocycles. The number of nitrogens with one attached hydrogen (secondary N) is 1. The maximum absolute atomic E-state index is 5.62. The Bertz CT molecular complexity index is 229. The third kappa shape index (κ3) is 4.22. The highest BCUT2D eigenvalue weighted by Crippen LogP contribution is 2.24. The summed E-state index contributed by atoms with van der Waals surface area (Å²) in [5, 5.41) is 3.55. The van der Waals surface area contributed by atoms with Crippen molar-refractivity contribution >= 4 is 0 Å². The molecule has 18 heavy (non-hydrogen) atoms. The van der Waals surface area contributed by atoms with Gasteiger partial charge in [0.2, 0.25) is 0 Å². The molecule has 2 unspecified atom stereocenters. The van der Waals surface area contributed by atoms with Crippen molar-refractivity contribution in [1.82, 2.24) is 10.2 Å². The van der Waals surface area contributed by atoms with Crippen LogP contribution in [0.25, 0.3) is 0 Å². The molecule has 0 bridgehead atoms. The van der Waals surface area contributed by atoms with E-state index in [9.17, 15) is 0 Å². The molecule has 2 rings (SSSR count). The molecule has 1 aliphatic heterocycles. The van der Waals surface area contributed by atoms with Crippen molar-refractivity contribution in [2.75, 3.05) is 39.9 Å². The fourth-order valence-corrected chi connectivity index (χ4v) is 3.55. The van der Waals surface area contributed by atoms with Crippen LogP contribution in [0.1, 0.15) is 39.0 Å². The molecule has 3 heteroatoms. The SMILES string of the molecule is CCNC1COCC1CN(C)CC1CCCCC1. The Kier molecular flexibility index (Phi) is 5.93. The van der Waals surface area contributed by atoms with Gasteiger partial charge in [-0.1, -0.05) is 26.2 Å². The number of ether oxygens (including phenoxy) is 1. The molecule has 1 aliphatic carbocycles. The lowest BCUT2D eigenvalue weighted by atomic mass is 9.89. The molecule has 2 fully saturated rings. The van der Waals surface area contributed by atoms with Gasteiger partial charge in [-0.2, -0.15) is 0 Å². The van der Waals surface area contributed by atoms with Crippen LogP contribution in [0, 0.1) is 11.8 Å². The van der Waals surface area contributed by atoms with E-state index in [1.165, 1.54) is 45.2 Å². The standard InChI is InChI=1S/C15H30N2O/c1-3-16-15-12-18-11-14(15)10-17(2)9-13-7-5-4-6-8-13/h13-16H,3-12H2,1-2H3. The zero-order valence-corrected chi connectivity index (χ0v) is 12.2. The van der Waals surface area contributed by atoms with Gasteiger partial charge in [0.15, 0.2) is 0 Å². The molecule has 0 amide bonds. The van der Waals surface area contributed by atoms with Crippen molar-refractivity contribution in [3.8, 4) is 0 Å². The molecule has 0 radical (unpaired) electrons. The summed E-state index contributed by atoms with van der Waals surface area (Å²) < 4.78 is 5.62. The third-order valence-corrected chi connectivity index (χ3v) is 4.51. The molecular weight excluding hydrogens is 224 g/mol. The molecule has 1 heterocycles. The van der Waals surface area contributed by atoms with Gasteiger partial charge in [-0.15, -0.1) is 0 Å². The van der Waals surface area contributed by atoms with Crippen molar-refractivity contribution in [2.24, 2.45) is 11.8 Å². The number of hydrogen-bond donors (Lipinski definition) is 1. The monoisotopic (exact) mass is 254 g/mol. The van der Waals surface area contributed by atoms with Gasteiger partial charge < -0.3 is 15.0 Å². The van der Waals surface area contributed by atoms with Crippen LogP contribution in [0.3, 0.4) is 0 Å². The minimum Gasteiger partial charge on any atom is -0.379 e. The van der Waals surface area contributed by atoms with Gasteiger partial charge >= 0.3 is 0 Å². The molecule has 106 valence electrons. The molecule has 0 aromatic rings. The lowest BCUT2D eigenvalue weighted by Crippen LogP contribution is -2.41. The van der Waals surface area contributed by atoms with Crippen molar-refractivity contribution in [1.29, 1.82) is 0 Å². The summed E-state index contributed by atoms with van der Waals surface area (Å²) in [5.41, 5.74) is 0. The summed E-state index contributed by atoms with van der Waals surface area (Å²) in [6.07, 6.45) is 7.25. The fourth-order valence-electron chi connectivity index (χ4n) is 3.55. The van der Waals surface area contributed by atoms with Crippen LogP contribution in [0.2, 0.25) is 0 Å². The summed E-state index contributed by atoms with van der Waals surface area (Å²) in [4.78, 5) is 2.54. The Morgan fingerprint density at radius 2 is 1.89 bits per heavy atom. The van der Waals surface area contributed by atoms with Gasteiger partial charge in [0.1, 0.15) is 0 Å². The van der Waals surface area contributed by atoms with Gasteiger partial charge in [0.05, 0.1) is 13.2 Å². The van der Waals surface area contributed by atoms with Crippen LogP contribution in [-0.4, -0.2) is 50.8 Å². The average Bonchev–Trinajstić information content (AvgIpc) is 2.78. The summed E-state index contributed by atoms with van der Waals surface area (Å²) >= 11 is 0. The smallest absolute Gasteiger partial charge is 0.0623 e. The zero-order chi connectivity index (χ0) is 12.8. The Labute approximate surface area is 112 Å². The second kappa shape index (κ2) is 7.46. The Hall–Kier alpha value is -0.120. The van der Waals surface area contributed by atoms with Gasteiger partial charge in [0.25, 0.3) is 0 Å². The number of likely N-dealkylation sites (N-methyl/N-ethyl adjacent to an activating group) is 1. The predicted octanol–water partition coefficient (Wildman–Crippen LogP) is 2.12. The summed E-state index contributed by atoms with van der Waals surface area (Å²) in [5.74, 6) is 1.63. The second-order valence-corrected chi connectivity index (χ2v) is 6.19. The van der Waals surface area contributed by atoms with Crippen LogP contribution in [0.15, 0.2) is 0 Å². The molecule has 1 saturated carbocycles. The molecule has 2 aliphatic rings. The fraction of sp³-hybridized carbons (Fsp3) is 1.00. The largest absolute Gasteiger partial charge is 0.379 e. The van der Waals surface area contributed by atoms with E-state index < -0.39 is 0 Å². The maximum Gasteiger partial charge on any atom is 0.0623 e. The van der Waals surface area contributed by atoms with Crippen LogP contribution in [0.4, 0.5) is 0 Å². The topological polar surface area (TPSA) is 24.5 Å². The highest BCUT2D eigenvalue weighted by atomic mass is 16.5. The van der Waals surface area contributed by atoms with E-state index in [1.54, 1.807) is 0 Å². The van der Waals surface area contributed by atoms with Crippen molar-refractivity contribution < 1.29 is 4.74 Å². The minimum absolute atomic E-state index is 0.573. The molecule has 0 aromatic heterocycles. The highest BCUT2D eigenvalue weighted by molar-refractivity contribution is 4.83. The second-order valence-electron chi connectivity index (χ2n) is 6.19. The summed E-state index contributed by atoms with van der Waals surface area (Å²) in [6.45, 7) is 7.55. The normalized spacial score (nSPS) is 30.2. The highest BCUT2D eigenvalue weighted by Gasteiger charge is 2.28. The van der Waals surface area contributed by atoms with E-state index in [0.29, 0.717) is 12.0 Å². The quantitative estimate of drug-likeness (QED) is 0.786. The Morgan fingerprint density at radius 1 is 1.11 bits per heavy atom. The zero-order valence-electron chi connectivity index (χ0n) is 12.2. The van der Waals surface area contributed by atoms with E-state index >= 15 is 0 Å². The number of hydrogen-bond acceptors (Lipinski definition) is 3. The first-order valence-corrected chi connectivity index (χ1v) is 7.79. The Balaban J connectivity index is 1.70. The van der Waals surface area contributed by atoms with Gasteiger partial charge in [-0.25, -0.2) is 0 Å². The first-order chi connectivity index (χ1) is 8.79. The summed E-state index contributed by atoms with van der Waals surface area (Å²) in [6, 6.07) is 0.573. The molecule has 1 N–H and O–H groups in total. The molecular formula is C15H30N2O. The van der Waals surface area contributed by atoms with Crippen molar-refractivity contribution in [3.05, 3.63) is 0 Å². The van der Waals surface area contributed by atoms with Gasteiger partial charge in [0, 0.05) is 25.0 Å². The molecule has 2 atom stereocenters. The van der Waals surface area contributed by atoms with Crippen LogP contribution < -0.4 is 5.32 Å².